The van der Waals surface area contributed by atoms with Crippen LogP contribution in [0.2, 0.25) is 0 Å². The second-order valence-electron chi connectivity index (χ2n) is 7.29. The predicted octanol–water partition coefficient (Wildman–Crippen LogP) is 2.58. The lowest BCUT2D eigenvalue weighted by Crippen LogP contribution is -2.50. The molecule has 0 aliphatic carbocycles. The van der Waals surface area contributed by atoms with Gasteiger partial charge < -0.3 is 15.5 Å². The van der Waals surface area contributed by atoms with Gasteiger partial charge in [-0.25, -0.2) is 13.2 Å². The monoisotopic (exact) mass is 416 g/mol. The first-order valence-corrected chi connectivity index (χ1v) is 11.4. The summed E-state index contributed by atoms with van der Waals surface area (Å²) in [6.07, 6.45) is 0. The van der Waals surface area contributed by atoms with Gasteiger partial charge in [0, 0.05) is 44.1 Å². The third kappa shape index (κ3) is 5.95. The van der Waals surface area contributed by atoms with Gasteiger partial charge in [-0.05, 0) is 43.7 Å². The average Bonchev–Trinajstić information content (AvgIpc) is 2.70. The molecule has 0 unspecified atom stereocenters. The smallest absolute Gasteiger partial charge is 0.319 e. The largest absolute Gasteiger partial charge is 0.369 e. The van der Waals surface area contributed by atoms with Gasteiger partial charge in [-0.1, -0.05) is 29.8 Å². The number of hydrogen-bond acceptors (Lipinski definition) is 4. The maximum atomic E-state index is 12.6. The number of carbonyl (C=O) groups excluding carboxylic acids is 1. The molecule has 1 aliphatic rings. The summed E-state index contributed by atoms with van der Waals surface area (Å²) >= 11 is 0. The Kier molecular flexibility index (Phi) is 6.76. The number of amides is 2. The molecule has 1 saturated heterocycles. The van der Waals surface area contributed by atoms with Gasteiger partial charge in [0.25, 0.3) is 0 Å². The van der Waals surface area contributed by atoms with Crippen LogP contribution in [0.5, 0.6) is 0 Å². The van der Waals surface area contributed by atoms with Crippen LogP contribution < -0.4 is 15.5 Å². The van der Waals surface area contributed by atoms with Gasteiger partial charge in [0.1, 0.15) is 0 Å². The normalized spacial score (nSPS) is 15.2. The Labute approximate surface area is 172 Å². The molecule has 0 bridgehead atoms. The van der Waals surface area contributed by atoms with Crippen LogP contribution in [0.25, 0.3) is 0 Å². The summed E-state index contributed by atoms with van der Waals surface area (Å²) in [6, 6.07) is 15.2. The van der Waals surface area contributed by atoms with E-state index in [0.717, 1.165) is 11.3 Å². The molecular formula is C21H28N4O3S. The molecule has 2 amide bonds. The van der Waals surface area contributed by atoms with Crippen molar-refractivity contribution in [1.82, 2.24) is 9.62 Å². The summed E-state index contributed by atoms with van der Waals surface area (Å²) in [4.78, 5) is 14.2. The predicted molar refractivity (Wildman–Crippen MR) is 117 cm³/mol. The third-order valence-electron chi connectivity index (χ3n) is 4.95. The van der Waals surface area contributed by atoms with E-state index in [-0.39, 0.29) is 12.3 Å². The molecule has 29 heavy (non-hydrogen) atoms. The highest BCUT2D eigenvalue weighted by Gasteiger charge is 2.26. The van der Waals surface area contributed by atoms with Crippen molar-refractivity contribution >= 4 is 27.4 Å². The Morgan fingerprint density at radius 3 is 2.31 bits per heavy atom. The third-order valence-corrected chi connectivity index (χ3v) is 6.83. The highest BCUT2D eigenvalue weighted by atomic mass is 32.2. The first-order valence-electron chi connectivity index (χ1n) is 9.74. The first-order chi connectivity index (χ1) is 13.8. The number of carbonyl (C=O) groups is 1. The number of benzene rings is 2. The second-order valence-corrected chi connectivity index (χ2v) is 9.38. The molecule has 1 heterocycles. The molecule has 2 aromatic rings. The molecule has 0 radical (unpaired) electrons. The van der Waals surface area contributed by atoms with Gasteiger partial charge in [0.05, 0.1) is 5.75 Å². The molecule has 3 rings (SSSR count). The first kappa shape index (κ1) is 21.1. The Hall–Kier alpha value is -2.58. The molecule has 8 heteroatoms. The van der Waals surface area contributed by atoms with E-state index in [4.69, 9.17) is 0 Å². The standard InChI is InChI=1S/C21H28N4O3S/c1-17-6-8-19(9-7-17)23-21(26)22-10-15-29(27,28)25-13-11-24(12-14-25)20-5-3-4-18(2)16-20/h3-9,16H,10-15H2,1-2H3,(H2,22,23,26). The highest BCUT2D eigenvalue weighted by molar-refractivity contribution is 7.89. The molecule has 2 aromatic carbocycles. The van der Waals surface area contributed by atoms with Crippen molar-refractivity contribution in [3.8, 4) is 0 Å². The lowest BCUT2D eigenvalue weighted by Gasteiger charge is -2.35. The molecule has 0 aromatic heterocycles. The van der Waals surface area contributed by atoms with Crippen molar-refractivity contribution in [2.75, 3.05) is 48.7 Å². The minimum atomic E-state index is -3.41. The Bertz CT molecular complexity index is 937. The number of aryl methyl sites for hydroxylation is 2. The molecule has 0 spiro atoms. The zero-order valence-corrected chi connectivity index (χ0v) is 17.7. The molecule has 2 N–H and O–H groups in total. The Morgan fingerprint density at radius 2 is 1.66 bits per heavy atom. The molecule has 0 atom stereocenters. The SMILES string of the molecule is Cc1ccc(NC(=O)NCCS(=O)(=O)N2CCN(c3cccc(C)c3)CC2)cc1. The summed E-state index contributed by atoms with van der Waals surface area (Å²) in [5.74, 6) is -0.112. The zero-order chi connectivity index (χ0) is 20.9. The number of sulfonamides is 1. The lowest BCUT2D eigenvalue weighted by atomic mass is 10.2. The molecule has 7 nitrogen and oxygen atoms in total. The van der Waals surface area contributed by atoms with Crippen molar-refractivity contribution in [2.24, 2.45) is 0 Å². The van der Waals surface area contributed by atoms with Crippen molar-refractivity contribution in [3.05, 3.63) is 59.7 Å². The fourth-order valence-corrected chi connectivity index (χ4v) is 4.62. The quantitative estimate of drug-likeness (QED) is 0.758. The molecule has 1 aliphatic heterocycles. The van der Waals surface area contributed by atoms with Crippen LogP contribution in [0.4, 0.5) is 16.2 Å². The minimum absolute atomic E-state index is 0.0676. The molecular weight excluding hydrogens is 388 g/mol. The summed E-state index contributed by atoms with van der Waals surface area (Å²) in [6.45, 7) is 6.30. The van der Waals surface area contributed by atoms with Crippen molar-refractivity contribution in [2.45, 2.75) is 13.8 Å². The van der Waals surface area contributed by atoms with Crippen LogP contribution in [0.1, 0.15) is 11.1 Å². The van der Waals surface area contributed by atoms with Crippen LogP contribution in [-0.4, -0.2) is 57.2 Å². The number of anilines is 2. The van der Waals surface area contributed by atoms with Gasteiger partial charge in [-0.2, -0.15) is 4.31 Å². The van der Waals surface area contributed by atoms with Crippen LogP contribution in [-0.2, 0) is 10.0 Å². The topological polar surface area (TPSA) is 81.8 Å². The number of nitrogens with zero attached hydrogens (tertiary/aromatic N) is 2. The number of piperazine rings is 1. The van der Waals surface area contributed by atoms with Crippen molar-refractivity contribution < 1.29 is 13.2 Å². The maximum Gasteiger partial charge on any atom is 0.319 e. The maximum absolute atomic E-state index is 12.6. The van der Waals surface area contributed by atoms with E-state index >= 15 is 0 Å². The molecule has 1 fully saturated rings. The van der Waals surface area contributed by atoms with Crippen LogP contribution in [0.3, 0.4) is 0 Å². The van der Waals surface area contributed by atoms with E-state index in [1.807, 2.05) is 44.2 Å². The summed E-state index contributed by atoms with van der Waals surface area (Å²) in [5.41, 5.74) is 4.08. The van der Waals surface area contributed by atoms with Gasteiger partial charge >= 0.3 is 6.03 Å². The second kappa shape index (κ2) is 9.28. The van der Waals surface area contributed by atoms with E-state index < -0.39 is 16.1 Å². The van der Waals surface area contributed by atoms with E-state index in [2.05, 4.69) is 21.6 Å². The van der Waals surface area contributed by atoms with Crippen molar-refractivity contribution in [3.63, 3.8) is 0 Å². The number of urea groups is 1. The number of hydrogen-bond donors (Lipinski definition) is 2. The van der Waals surface area contributed by atoms with Gasteiger partial charge in [-0.15, -0.1) is 0 Å². The zero-order valence-electron chi connectivity index (χ0n) is 16.9. The van der Waals surface area contributed by atoms with E-state index in [1.54, 1.807) is 12.1 Å². The molecule has 156 valence electrons. The van der Waals surface area contributed by atoms with Crippen LogP contribution >= 0.6 is 0 Å². The highest BCUT2D eigenvalue weighted by Crippen LogP contribution is 2.19. The molecule has 0 saturated carbocycles. The number of nitrogens with one attached hydrogen (secondary N) is 2. The summed E-state index contributed by atoms with van der Waals surface area (Å²) in [7, 11) is -3.41. The van der Waals surface area contributed by atoms with Gasteiger partial charge in [0.2, 0.25) is 10.0 Å². The van der Waals surface area contributed by atoms with E-state index in [9.17, 15) is 13.2 Å². The lowest BCUT2D eigenvalue weighted by molar-refractivity contribution is 0.252. The van der Waals surface area contributed by atoms with Crippen LogP contribution in [0, 0.1) is 13.8 Å². The fourth-order valence-electron chi connectivity index (χ4n) is 3.28. The Morgan fingerprint density at radius 1 is 0.966 bits per heavy atom. The number of rotatable bonds is 6. The fraction of sp³-hybridized carbons (Fsp3) is 0.381. The minimum Gasteiger partial charge on any atom is -0.369 e. The summed E-state index contributed by atoms with van der Waals surface area (Å²) in [5, 5.41) is 5.31. The van der Waals surface area contributed by atoms with Crippen molar-refractivity contribution in [1.29, 1.82) is 0 Å². The van der Waals surface area contributed by atoms with E-state index in [1.165, 1.54) is 9.87 Å². The summed E-state index contributed by atoms with van der Waals surface area (Å²) < 4.78 is 26.7. The van der Waals surface area contributed by atoms with Crippen LogP contribution in [0.15, 0.2) is 48.5 Å². The van der Waals surface area contributed by atoms with E-state index in [0.29, 0.717) is 31.9 Å². The van der Waals surface area contributed by atoms with Gasteiger partial charge in [-0.3, -0.25) is 0 Å². The Balaban J connectivity index is 1.44. The average molecular weight is 417 g/mol. The van der Waals surface area contributed by atoms with Gasteiger partial charge in [0.15, 0.2) is 0 Å².